The largest absolute Gasteiger partial charge is 0.301 e. The lowest BCUT2D eigenvalue weighted by molar-refractivity contribution is 0.0978. The standard InChI is InChI=1S/C21H16N6OS/c28-19(24-21(29)25-20-22-12-7-13-23-20)17-14-27(16-10-5-2-6-11-16)26-18(17)15-8-3-1-4-9-15/h1-14H,(H2,22,23,24,25,28,29). The second-order valence-corrected chi connectivity index (χ2v) is 6.43. The van der Waals surface area contributed by atoms with Crippen molar-refractivity contribution in [3.05, 3.63) is 90.9 Å². The normalized spacial score (nSPS) is 10.3. The zero-order valence-electron chi connectivity index (χ0n) is 15.2. The first-order chi connectivity index (χ1) is 14.2. The molecular formula is C21H16N6OS. The Morgan fingerprint density at radius 1 is 0.897 bits per heavy atom. The highest BCUT2D eigenvalue weighted by atomic mass is 32.1. The molecule has 0 atom stereocenters. The van der Waals surface area contributed by atoms with Crippen molar-refractivity contribution in [2.24, 2.45) is 0 Å². The quantitative estimate of drug-likeness (QED) is 0.511. The second kappa shape index (κ2) is 8.41. The fourth-order valence-corrected chi connectivity index (χ4v) is 2.91. The molecule has 0 fully saturated rings. The van der Waals surface area contributed by atoms with Gasteiger partial charge in [0.1, 0.15) is 5.69 Å². The minimum absolute atomic E-state index is 0.104. The maximum atomic E-state index is 13.0. The molecule has 8 heteroatoms. The molecule has 0 aliphatic carbocycles. The van der Waals surface area contributed by atoms with Crippen LogP contribution < -0.4 is 10.6 Å². The first-order valence-electron chi connectivity index (χ1n) is 8.80. The second-order valence-electron chi connectivity index (χ2n) is 6.02. The Morgan fingerprint density at radius 3 is 2.24 bits per heavy atom. The fraction of sp³-hybridized carbons (Fsp3) is 0. The van der Waals surface area contributed by atoms with Gasteiger partial charge in [0, 0.05) is 24.2 Å². The van der Waals surface area contributed by atoms with E-state index in [1.807, 2.05) is 60.7 Å². The molecule has 4 rings (SSSR count). The van der Waals surface area contributed by atoms with Gasteiger partial charge in [-0.1, -0.05) is 48.5 Å². The van der Waals surface area contributed by atoms with Crippen LogP contribution in [0.15, 0.2) is 85.3 Å². The van der Waals surface area contributed by atoms with Crippen LogP contribution in [0.5, 0.6) is 0 Å². The Bertz CT molecular complexity index is 1130. The van der Waals surface area contributed by atoms with Gasteiger partial charge in [-0.3, -0.25) is 10.1 Å². The van der Waals surface area contributed by atoms with Crippen LogP contribution >= 0.6 is 12.2 Å². The first-order valence-corrected chi connectivity index (χ1v) is 9.21. The average molecular weight is 400 g/mol. The predicted molar refractivity (Wildman–Crippen MR) is 115 cm³/mol. The van der Waals surface area contributed by atoms with Crippen molar-refractivity contribution in [2.75, 3.05) is 5.32 Å². The molecule has 0 saturated carbocycles. The summed E-state index contributed by atoms with van der Waals surface area (Å²) in [6.45, 7) is 0. The van der Waals surface area contributed by atoms with Gasteiger partial charge in [0.15, 0.2) is 5.11 Å². The third-order valence-corrected chi connectivity index (χ3v) is 4.25. The Hall–Kier alpha value is -3.91. The van der Waals surface area contributed by atoms with Crippen molar-refractivity contribution >= 4 is 29.2 Å². The molecule has 2 aromatic carbocycles. The Labute approximate surface area is 172 Å². The SMILES string of the molecule is O=C(NC(=S)Nc1ncccn1)c1cn(-c2ccccc2)nc1-c1ccccc1. The van der Waals surface area contributed by atoms with Gasteiger partial charge in [-0.2, -0.15) is 5.10 Å². The number of carbonyl (C=O) groups is 1. The van der Waals surface area contributed by atoms with E-state index in [2.05, 4.69) is 25.7 Å². The molecule has 0 spiro atoms. The highest BCUT2D eigenvalue weighted by Gasteiger charge is 2.19. The third kappa shape index (κ3) is 4.33. The van der Waals surface area contributed by atoms with Crippen LogP contribution in [-0.4, -0.2) is 30.8 Å². The molecule has 0 radical (unpaired) electrons. The van der Waals surface area contributed by atoms with Gasteiger partial charge < -0.3 is 5.32 Å². The van der Waals surface area contributed by atoms with Crippen molar-refractivity contribution in [1.29, 1.82) is 0 Å². The van der Waals surface area contributed by atoms with Gasteiger partial charge in [0.25, 0.3) is 5.91 Å². The van der Waals surface area contributed by atoms with Crippen LogP contribution in [0.25, 0.3) is 16.9 Å². The van der Waals surface area contributed by atoms with Crippen molar-refractivity contribution < 1.29 is 4.79 Å². The van der Waals surface area contributed by atoms with Crippen LogP contribution in [0.4, 0.5) is 5.95 Å². The van der Waals surface area contributed by atoms with Crippen LogP contribution in [0.2, 0.25) is 0 Å². The molecule has 0 unspecified atom stereocenters. The maximum absolute atomic E-state index is 13.0. The first kappa shape index (κ1) is 18.5. The lowest BCUT2D eigenvalue weighted by Gasteiger charge is -2.08. The summed E-state index contributed by atoms with van der Waals surface area (Å²) in [4.78, 5) is 21.0. The number of nitrogens with one attached hydrogen (secondary N) is 2. The molecule has 142 valence electrons. The molecule has 2 N–H and O–H groups in total. The van der Waals surface area contributed by atoms with Crippen molar-refractivity contribution in [1.82, 2.24) is 25.1 Å². The van der Waals surface area contributed by atoms with E-state index in [9.17, 15) is 4.79 Å². The third-order valence-electron chi connectivity index (χ3n) is 4.04. The van der Waals surface area contributed by atoms with Crippen molar-refractivity contribution in [2.45, 2.75) is 0 Å². The van der Waals surface area contributed by atoms with Crippen LogP contribution in [-0.2, 0) is 0 Å². The summed E-state index contributed by atoms with van der Waals surface area (Å²) in [5, 5.41) is 10.2. The highest BCUT2D eigenvalue weighted by molar-refractivity contribution is 7.80. The summed E-state index contributed by atoms with van der Waals surface area (Å²) in [5.74, 6) is -0.0690. The van der Waals surface area contributed by atoms with Gasteiger partial charge in [0.05, 0.1) is 11.3 Å². The number of hydrogen-bond acceptors (Lipinski definition) is 5. The van der Waals surface area contributed by atoms with Gasteiger partial charge in [-0.15, -0.1) is 0 Å². The molecule has 4 aromatic rings. The number of thiocarbonyl (C=S) groups is 1. The summed E-state index contributed by atoms with van der Waals surface area (Å²) in [7, 11) is 0. The predicted octanol–water partition coefficient (Wildman–Crippen LogP) is 3.46. The highest BCUT2D eigenvalue weighted by Crippen LogP contribution is 2.23. The molecular weight excluding hydrogens is 384 g/mol. The van der Waals surface area contributed by atoms with Gasteiger partial charge in [0.2, 0.25) is 5.95 Å². The molecule has 7 nitrogen and oxygen atoms in total. The van der Waals surface area contributed by atoms with E-state index in [0.717, 1.165) is 11.3 Å². The number of carbonyl (C=O) groups excluding carboxylic acids is 1. The lowest BCUT2D eigenvalue weighted by atomic mass is 10.1. The number of benzene rings is 2. The Balaban J connectivity index is 1.63. The van der Waals surface area contributed by atoms with E-state index >= 15 is 0 Å². The number of anilines is 1. The van der Waals surface area contributed by atoms with Crippen molar-refractivity contribution in [3.8, 4) is 16.9 Å². The number of para-hydroxylation sites is 1. The fourth-order valence-electron chi connectivity index (χ4n) is 2.73. The van der Waals surface area contributed by atoms with Crippen LogP contribution in [0, 0.1) is 0 Å². The van der Waals surface area contributed by atoms with E-state index in [1.54, 1.807) is 29.3 Å². The van der Waals surface area contributed by atoms with E-state index in [0.29, 0.717) is 17.2 Å². The van der Waals surface area contributed by atoms with Crippen molar-refractivity contribution in [3.63, 3.8) is 0 Å². The Morgan fingerprint density at radius 2 is 1.55 bits per heavy atom. The summed E-state index contributed by atoms with van der Waals surface area (Å²) in [6, 6.07) is 20.8. The number of rotatable bonds is 4. The molecule has 0 bridgehead atoms. The lowest BCUT2D eigenvalue weighted by Crippen LogP contribution is -2.34. The zero-order chi connectivity index (χ0) is 20.1. The smallest absolute Gasteiger partial charge is 0.261 e. The Kier molecular flexibility index (Phi) is 5.35. The minimum Gasteiger partial charge on any atom is -0.301 e. The van der Waals surface area contributed by atoms with Crippen LogP contribution in [0.1, 0.15) is 10.4 Å². The van der Waals surface area contributed by atoms with Gasteiger partial charge >= 0.3 is 0 Å². The van der Waals surface area contributed by atoms with Gasteiger partial charge in [-0.05, 0) is 30.4 Å². The van der Waals surface area contributed by atoms with E-state index in [1.165, 1.54) is 0 Å². The van der Waals surface area contributed by atoms with E-state index < -0.39 is 0 Å². The molecule has 1 amide bonds. The molecule has 0 saturated heterocycles. The van der Waals surface area contributed by atoms with E-state index in [4.69, 9.17) is 12.2 Å². The monoisotopic (exact) mass is 400 g/mol. The number of amides is 1. The maximum Gasteiger partial charge on any atom is 0.261 e. The van der Waals surface area contributed by atoms with E-state index in [-0.39, 0.29) is 11.0 Å². The summed E-state index contributed by atoms with van der Waals surface area (Å²) in [6.07, 6.45) is 4.85. The summed E-state index contributed by atoms with van der Waals surface area (Å²) >= 11 is 5.22. The number of hydrogen-bond donors (Lipinski definition) is 2. The molecule has 2 aromatic heterocycles. The minimum atomic E-state index is -0.375. The number of aromatic nitrogens is 4. The summed E-state index contributed by atoms with van der Waals surface area (Å²) < 4.78 is 1.67. The molecule has 0 aliphatic heterocycles. The topological polar surface area (TPSA) is 84.7 Å². The average Bonchev–Trinajstić information content (AvgIpc) is 3.21. The number of nitrogens with zero attached hydrogens (tertiary/aromatic N) is 4. The zero-order valence-corrected chi connectivity index (χ0v) is 16.0. The summed E-state index contributed by atoms with van der Waals surface area (Å²) in [5.41, 5.74) is 2.64. The van der Waals surface area contributed by atoms with Gasteiger partial charge in [-0.25, -0.2) is 14.6 Å². The van der Waals surface area contributed by atoms with Crippen LogP contribution in [0.3, 0.4) is 0 Å². The molecule has 29 heavy (non-hydrogen) atoms. The molecule has 0 aliphatic rings. The molecule has 2 heterocycles.